The van der Waals surface area contributed by atoms with Crippen molar-refractivity contribution in [3.8, 4) is 39.3 Å². The van der Waals surface area contributed by atoms with Crippen molar-refractivity contribution in [3.63, 3.8) is 0 Å². The van der Waals surface area contributed by atoms with E-state index in [9.17, 15) is 9.90 Å². The van der Waals surface area contributed by atoms with Gasteiger partial charge in [-0.1, -0.05) is 144 Å². The third-order valence-corrected chi connectivity index (χ3v) is 11.2. The molecule has 2 heterocycles. The Morgan fingerprint density at radius 3 is 2.05 bits per heavy atom. The minimum Gasteiger partial charge on any atom is -0.512 e. The van der Waals surface area contributed by atoms with E-state index in [1.165, 1.54) is 50.1 Å². The van der Waals surface area contributed by atoms with Gasteiger partial charge in [0, 0.05) is 54.8 Å². The summed E-state index contributed by atoms with van der Waals surface area (Å²) >= 11 is 0. The summed E-state index contributed by atoms with van der Waals surface area (Å²) in [4.78, 5) is 17.0. The van der Waals surface area contributed by atoms with E-state index in [-0.39, 0.29) is 48.9 Å². The number of aromatic nitrogens is 2. The molecule has 6 aromatic carbocycles. The zero-order valence-corrected chi connectivity index (χ0v) is 35.4. The molecule has 0 bridgehead atoms. The molecular weight excluding hydrogens is 853 g/mol. The van der Waals surface area contributed by atoms with E-state index in [1.807, 2.05) is 27.7 Å². The summed E-state index contributed by atoms with van der Waals surface area (Å²) in [5, 5.41) is 14.6. The number of carbonyl (C=O) groups is 1. The second-order valence-corrected chi connectivity index (χ2v) is 15.6. The van der Waals surface area contributed by atoms with Gasteiger partial charge in [0.25, 0.3) is 0 Å². The fourth-order valence-corrected chi connectivity index (χ4v) is 8.18. The van der Waals surface area contributed by atoms with Crippen molar-refractivity contribution >= 4 is 38.4 Å². The molecule has 0 fully saturated rings. The number of benzene rings is 6. The number of ketones is 1. The molecule has 1 aliphatic rings. The SMILES string of the molecule is CC(C)(C)c1cc(-c2nc3cccc4c3n2-c2ccc3ccccc3c2-c2ccccc2-4)[c-]c2ccccc12.CCC(CC)C(=O)/C=C(\O)C(CC)CC.[Ir]. The van der Waals surface area contributed by atoms with Crippen molar-refractivity contribution in [2.24, 2.45) is 11.8 Å². The van der Waals surface area contributed by atoms with Gasteiger partial charge in [-0.2, -0.15) is 0 Å². The smallest absolute Gasteiger partial charge is 0.162 e. The number of hydrogen-bond donors (Lipinski definition) is 1. The summed E-state index contributed by atoms with van der Waals surface area (Å²) in [6.45, 7) is 14.9. The zero-order chi connectivity index (χ0) is 38.1. The third-order valence-electron chi connectivity index (χ3n) is 11.2. The quantitative estimate of drug-likeness (QED) is 0.0939. The molecule has 7 aromatic rings. The second kappa shape index (κ2) is 16.5. The molecule has 1 aliphatic heterocycles. The normalized spacial score (nSPS) is 12.3. The molecule has 0 spiro atoms. The first-order chi connectivity index (χ1) is 26.1. The van der Waals surface area contributed by atoms with Crippen LogP contribution < -0.4 is 0 Å². The molecule has 8 rings (SSSR count). The average Bonchev–Trinajstić information content (AvgIpc) is 3.52. The molecule has 1 radical (unpaired) electrons. The number of nitrogens with zero attached hydrogens (tertiary/aromatic N) is 2. The first-order valence-electron chi connectivity index (χ1n) is 19.6. The Balaban J connectivity index is 0.000000276. The van der Waals surface area contributed by atoms with Crippen molar-refractivity contribution in [1.29, 1.82) is 0 Å². The van der Waals surface area contributed by atoms with Gasteiger partial charge in [-0.05, 0) is 65.1 Å². The van der Waals surface area contributed by atoms with Crippen LogP contribution in [0.4, 0.5) is 0 Å². The fourth-order valence-electron chi connectivity index (χ4n) is 8.18. The van der Waals surface area contributed by atoms with Gasteiger partial charge in [-0.15, -0.1) is 29.1 Å². The summed E-state index contributed by atoms with van der Waals surface area (Å²) in [5.74, 6) is 1.48. The number of para-hydroxylation sites is 1. The topological polar surface area (TPSA) is 55.1 Å². The average molecular weight is 904 g/mol. The van der Waals surface area contributed by atoms with Gasteiger partial charge >= 0.3 is 0 Å². The predicted molar refractivity (Wildman–Crippen MR) is 227 cm³/mol. The Labute approximate surface area is 339 Å². The Bertz CT molecular complexity index is 2530. The van der Waals surface area contributed by atoms with Crippen LogP contribution in [0.5, 0.6) is 0 Å². The van der Waals surface area contributed by atoms with Crippen LogP contribution in [0.3, 0.4) is 0 Å². The van der Waals surface area contributed by atoms with Gasteiger partial charge in [0.05, 0.1) is 22.6 Å². The zero-order valence-electron chi connectivity index (χ0n) is 33.0. The number of rotatable bonds is 8. The first kappa shape index (κ1) is 39.9. The van der Waals surface area contributed by atoms with E-state index in [4.69, 9.17) is 4.98 Å². The molecule has 0 atom stereocenters. The van der Waals surface area contributed by atoms with Crippen LogP contribution in [0.2, 0.25) is 0 Å². The van der Waals surface area contributed by atoms with Gasteiger partial charge in [-0.3, -0.25) is 9.78 Å². The Morgan fingerprint density at radius 1 is 0.745 bits per heavy atom. The first-order valence-corrected chi connectivity index (χ1v) is 19.6. The molecule has 283 valence electrons. The molecule has 0 amide bonds. The number of carbonyl (C=O) groups excluding carboxylic acids is 1. The minimum absolute atomic E-state index is 0. The molecule has 0 saturated heterocycles. The van der Waals surface area contributed by atoms with E-state index in [2.05, 4.69) is 141 Å². The van der Waals surface area contributed by atoms with Crippen LogP contribution in [0.1, 0.15) is 79.7 Å². The Kier molecular flexibility index (Phi) is 12.0. The van der Waals surface area contributed by atoms with Gasteiger partial charge < -0.3 is 9.67 Å². The van der Waals surface area contributed by atoms with Crippen LogP contribution >= 0.6 is 0 Å². The molecule has 55 heavy (non-hydrogen) atoms. The summed E-state index contributed by atoms with van der Waals surface area (Å²) in [6, 6.07) is 43.2. The molecule has 5 heteroatoms. The van der Waals surface area contributed by atoms with Gasteiger partial charge in [0.1, 0.15) is 0 Å². The van der Waals surface area contributed by atoms with Crippen molar-refractivity contribution in [2.75, 3.05) is 0 Å². The number of aliphatic hydroxyl groups excluding tert-OH is 1. The van der Waals surface area contributed by atoms with E-state index < -0.39 is 0 Å². The van der Waals surface area contributed by atoms with E-state index in [1.54, 1.807) is 0 Å². The molecule has 0 saturated carbocycles. The Morgan fingerprint density at radius 2 is 1.36 bits per heavy atom. The van der Waals surface area contributed by atoms with Crippen molar-refractivity contribution in [2.45, 2.75) is 79.6 Å². The standard InChI is InChI=1S/C37H27N2.C13H24O2.Ir/c1-37(2,3)31-22-25(21-24-12-5-6-13-26(24)31)36-38-32-18-10-17-30-28-15-8-9-16-29(28)34-27-14-7-4-11-23(27)19-20-33(34)39(36)35(30)32;1-5-10(6-2)12(14)9-13(15)11(7-3)8-4;/h4-20,22H,1-3H3;9-11,14H,5-8H2,1-4H3;/q-1;;/b;12-9-;. The van der Waals surface area contributed by atoms with Gasteiger partial charge in [0.15, 0.2) is 5.78 Å². The molecule has 1 aromatic heterocycles. The monoisotopic (exact) mass is 904 g/mol. The predicted octanol–water partition coefficient (Wildman–Crippen LogP) is 13.6. The van der Waals surface area contributed by atoms with Crippen molar-refractivity contribution in [1.82, 2.24) is 9.55 Å². The molecule has 1 N–H and O–H groups in total. The molecule has 4 nitrogen and oxygen atoms in total. The van der Waals surface area contributed by atoms with Gasteiger partial charge in [0.2, 0.25) is 0 Å². The summed E-state index contributed by atoms with van der Waals surface area (Å²) in [6.07, 6.45) is 4.91. The van der Waals surface area contributed by atoms with Crippen molar-refractivity contribution in [3.05, 3.63) is 133 Å². The van der Waals surface area contributed by atoms with Crippen LogP contribution in [0.15, 0.2) is 121 Å². The maximum Gasteiger partial charge on any atom is 0.162 e. The number of fused-ring (bicyclic) bond motifs is 8. The van der Waals surface area contributed by atoms with E-state index in [0.717, 1.165) is 59.2 Å². The number of imidazole rings is 1. The van der Waals surface area contributed by atoms with E-state index >= 15 is 0 Å². The maximum absolute atomic E-state index is 11.7. The largest absolute Gasteiger partial charge is 0.512 e. The molecular formula is C50H51IrN2O2-. The maximum atomic E-state index is 11.7. The summed E-state index contributed by atoms with van der Waals surface area (Å²) < 4.78 is 2.39. The summed E-state index contributed by atoms with van der Waals surface area (Å²) in [5.41, 5.74) is 10.6. The minimum atomic E-state index is -0.0240. The van der Waals surface area contributed by atoms with Gasteiger partial charge in [-0.25, -0.2) is 0 Å². The second-order valence-electron chi connectivity index (χ2n) is 15.6. The van der Waals surface area contributed by atoms with Crippen LogP contribution in [-0.2, 0) is 30.3 Å². The molecule has 0 aliphatic carbocycles. The van der Waals surface area contributed by atoms with Crippen LogP contribution in [0, 0.1) is 17.9 Å². The number of aliphatic hydroxyl groups is 1. The third kappa shape index (κ3) is 7.45. The van der Waals surface area contributed by atoms with Crippen LogP contribution in [-0.4, -0.2) is 20.4 Å². The molecule has 0 unspecified atom stereocenters. The van der Waals surface area contributed by atoms with Crippen LogP contribution in [0.25, 0.3) is 71.9 Å². The summed E-state index contributed by atoms with van der Waals surface area (Å²) in [7, 11) is 0. The number of hydrogen-bond acceptors (Lipinski definition) is 3. The Hall–Kier alpha value is -4.83. The van der Waals surface area contributed by atoms with Crippen molar-refractivity contribution < 1.29 is 30.0 Å². The number of allylic oxidation sites excluding steroid dienone is 2. The van der Waals surface area contributed by atoms with E-state index in [0.29, 0.717) is 0 Å². The fraction of sp³-hybridized carbons (Fsp3) is 0.280.